The standard InChI is InChI=1S/C16H27N5O5S2/c1-14(2)18-28(24,25)21-7-5-19(6-8-21)15-3-4-17-13-16(15)27(22,23)20-9-11-26-12-10-20/h3-4,13-14,18H,5-12H2,1-2H3. The summed E-state index contributed by atoms with van der Waals surface area (Å²) < 4.78 is 61.5. The summed E-state index contributed by atoms with van der Waals surface area (Å²) in [6, 6.07) is 1.48. The lowest BCUT2D eigenvalue weighted by molar-refractivity contribution is 0.0730. The molecule has 0 bridgehead atoms. The van der Waals surface area contributed by atoms with Gasteiger partial charge in [-0.15, -0.1) is 0 Å². The van der Waals surface area contributed by atoms with Gasteiger partial charge in [0.15, 0.2) is 0 Å². The smallest absolute Gasteiger partial charge is 0.279 e. The van der Waals surface area contributed by atoms with Gasteiger partial charge in [-0.3, -0.25) is 4.98 Å². The molecule has 2 aliphatic rings. The molecule has 2 saturated heterocycles. The van der Waals surface area contributed by atoms with Crippen LogP contribution in [0, 0.1) is 0 Å². The molecule has 10 nitrogen and oxygen atoms in total. The van der Waals surface area contributed by atoms with E-state index in [9.17, 15) is 16.8 Å². The average molecular weight is 434 g/mol. The molecule has 2 fully saturated rings. The predicted molar refractivity (Wildman–Crippen MR) is 105 cm³/mol. The first kappa shape index (κ1) is 21.4. The van der Waals surface area contributed by atoms with Crippen LogP contribution >= 0.6 is 0 Å². The van der Waals surface area contributed by atoms with Gasteiger partial charge in [-0.05, 0) is 19.9 Å². The van der Waals surface area contributed by atoms with Crippen LogP contribution < -0.4 is 9.62 Å². The molecule has 0 spiro atoms. The Hall–Kier alpha value is -1.31. The summed E-state index contributed by atoms with van der Waals surface area (Å²) in [5, 5.41) is 0. The Kier molecular flexibility index (Phi) is 6.57. The van der Waals surface area contributed by atoms with Crippen LogP contribution in [0.15, 0.2) is 23.4 Å². The van der Waals surface area contributed by atoms with E-state index >= 15 is 0 Å². The molecule has 1 N–H and O–H groups in total. The van der Waals surface area contributed by atoms with Crippen molar-refractivity contribution >= 4 is 25.9 Å². The summed E-state index contributed by atoms with van der Waals surface area (Å²) in [5.41, 5.74) is 0.551. The monoisotopic (exact) mass is 433 g/mol. The van der Waals surface area contributed by atoms with Gasteiger partial charge in [0, 0.05) is 57.7 Å². The third kappa shape index (κ3) is 4.63. The molecule has 0 unspecified atom stereocenters. The molecular formula is C16H27N5O5S2. The first-order chi connectivity index (χ1) is 13.2. The normalized spacial score (nSPS) is 20.6. The highest BCUT2D eigenvalue weighted by molar-refractivity contribution is 7.89. The van der Waals surface area contributed by atoms with Crippen molar-refractivity contribution in [2.24, 2.45) is 0 Å². The Labute approximate surface area is 166 Å². The molecule has 1 aromatic heterocycles. The van der Waals surface area contributed by atoms with Crippen LogP contribution in [-0.4, -0.2) is 89.0 Å². The fourth-order valence-corrected chi connectivity index (χ4v) is 6.25. The van der Waals surface area contributed by atoms with Crippen LogP contribution in [0.4, 0.5) is 5.69 Å². The lowest BCUT2D eigenvalue weighted by atomic mass is 10.3. The van der Waals surface area contributed by atoms with Crippen LogP contribution in [0.2, 0.25) is 0 Å². The van der Waals surface area contributed by atoms with Gasteiger partial charge < -0.3 is 9.64 Å². The number of aromatic nitrogens is 1. The van der Waals surface area contributed by atoms with Crippen molar-refractivity contribution in [3.63, 3.8) is 0 Å². The molecule has 0 aromatic carbocycles. The van der Waals surface area contributed by atoms with E-state index < -0.39 is 20.2 Å². The van der Waals surface area contributed by atoms with Gasteiger partial charge in [0.05, 0.1) is 18.9 Å². The summed E-state index contributed by atoms with van der Waals surface area (Å²) in [7, 11) is -7.23. The van der Waals surface area contributed by atoms with E-state index in [2.05, 4.69) is 9.71 Å². The minimum Gasteiger partial charge on any atom is -0.379 e. The molecular weight excluding hydrogens is 406 g/mol. The molecule has 0 radical (unpaired) electrons. The number of nitrogens with one attached hydrogen (secondary N) is 1. The van der Waals surface area contributed by atoms with Crippen molar-refractivity contribution < 1.29 is 21.6 Å². The van der Waals surface area contributed by atoms with E-state index in [1.54, 1.807) is 26.1 Å². The Morgan fingerprint density at radius 2 is 1.64 bits per heavy atom. The molecule has 158 valence electrons. The summed E-state index contributed by atoms with van der Waals surface area (Å²) in [5.74, 6) is 0. The van der Waals surface area contributed by atoms with Crippen LogP contribution in [-0.2, 0) is 25.0 Å². The summed E-state index contributed by atoms with van der Waals surface area (Å²) in [6.07, 6.45) is 2.92. The maximum atomic E-state index is 13.1. The van der Waals surface area contributed by atoms with Gasteiger partial charge in [-0.25, -0.2) is 8.42 Å². The SMILES string of the molecule is CC(C)NS(=O)(=O)N1CCN(c2ccncc2S(=O)(=O)N2CCOCC2)CC1. The molecule has 28 heavy (non-hydrogen) atoms. The fourth-order valence-electron chi connectivity index (χ4n) is 3.30. The van der Waals surface area contributed by atoms with Crippen molar-refractivity contribution in [2.45, 2.75) is 24.8 Å². The van der Waals surface area contributed by atoms with Crippen molar-refractivity contribution in [1.82, 2.24) is 18.3 Å². The van der Waals surface area contributed by atoms with Crippen molar-refractivity contribution in [3.05, 3.63) is 18.5 Å². The fraction of sp³-hybridized carbons (Fsp3) is 0.688. The second kappa shape index (κ2) is 8.59. The van der Waals surface area contributed by atoms with Crippen LogP contribution in [0.25, 0.3) is 0 Å². The number of pyridine rings is 1. The number of hydrogen-bond acceptors (Lipinski definition) is 7. The lowest BCUT2D eigenvalue weighted by Gasteiger charge is -2.36. The first-order valence-corrected chi connectivity index (χ1v) is 12.1. The number of hydrogen-bond donors (Lipinski definition) is 1. The van der Waals surface area contributed by atoms with Gasteiger partial charge in [0.2, 0.25) is 10.0 Å². The number of rotatable bonds is 6. The van der Waals surface area contributed by atoms with Gasteiger partial charge >= 0.3 is 0 Å². The Morgan fingerprint density at radius 3 is 2.25 bits per heavy atom. The number of morpholine rings is 1. The lowest BCUT2D eigenvalue weighted by Crippen LogP contribution is -2.53. The predicted octanol–water partition coefficient (Wildman–Crippen LogP) is -0.533. The molecule has 0 aliphatic carbocycles. The Bertz CT molecular complexity index is 876. The Morgan fingerprint density at radius 1 is 1.00 bits per heavy atom. The molecule has 12 heteroatoms. The second-order valence-electron chi connectivity index (χ2n) is 7.02. The Balaban J connectivity index is 1.78. The van der Waals surface area contributed by atoms with E-state index in [4.69, 9.17) is 4.74 Å². The van der Waals surface area contributed by atoms with E-state index in [-0.39, 0.29) is 24.0 Å². The largest absolute Gasteiger partial charge is 0.379 e. The summed E-state index contributed by atoms with van der Waals surface area (Å²) >= 11 is 0. The molecule has 3 rings (SSSR count). The average Bonchev–Trinajstić information content (AvgIpc) is 2.68. The highest BCUT2D eigenvalue weighted by Gasteiger charge is 2.33. The zero-order valence-electron chi connectivity index (χ0n) is 16.1. The summed E-state index contributed by atoms with van der Waals surface area (Å²) in [4.78, 5) is 6.05. The number of piperazine rings is 1. The number of nitrogens with zero attached hydrogens (tertiary/aromatic N) is 4. The zero-order valence-corrected chi connectivity index (χ0v) is 17.7. The van der Waals surface area contributed by atoms with Crippen LogP contribution in [0.1, 0.15) is 13.8 Å². The molecule has 1 aromatic rings. The van der Waals surface area contributed by atoms with E-state index in [1.165, 1.54) is 14.8 Å². The zero-order chi connectivity index (χ0) is 20.4. The highest BCUT2D eigenvalue weighted by Crippen LogP contribution is 2.28. The molecule has 0 amide bonds. The van der Waals surface area contributed by atoms with Crippen molar-refractivity contribution in [3.8, 4) is 0 Å². The van der Waals surface area contributed by atoms with E-state index in [0.717, 1.165) is 0 Å². The molecule has 3 heterocycles. The molecule has 2 aliphatic heterocycles. The minimum absolute atomic E-state index is 0.147. The maximum Gasteiger partial charge on any atom is 0.279 e. The third-order valence-corrected chi connectivity index (χ3v) is 8.38. The van der Waals surface area contributed by atoms with Gasteiger partial charge in [0.1, 0.15) is 4.90 Å². The minimum atomic E-state index is -3.69. The molecule has 0 atom stereocenters. The van der Waals surface area contributed by atoms with Crippen molar-refractivity contribution in [2.75, 3.05) is 57.4 Å². The van der Waals surface area contributed by atoms with Crippen LogP contribution in [0.5, 0.6) is 0 Å². The van der Waals surface area contributed by atoms with Gasteiger partial charge in [-0.1, -0.05) is 0 Å². The van der Waals surface area contributed by atoms with E-state index in [0.29, 0.717) is 45.1 Å². The second-order valence-corrected chi connectivity index (χ2v) is 10.6. The maximum absolute atomic E-state index is 13.1. The van der Waals surface area contributed by atoms with Crippen LogP contribution in [0.3, 0.4) is 0 Å². The number of anilines is 1. The van der Waals surface area contributed by atoms with Gasteiger partial charge in [-0.2, -0.15) is 21.8 Å². The number of sulfonamides is 1. The van der Waals surface area contributed by atoms with Gasteiger partial charge in [0.25, 0.3) is 10.2 Å². The van der Waals surface area contributed by atoms with Crippen molar-refractivity contribution in [1.29, 1.82) is 0 Å². The summed E-state index contributed by atoms with van der Waals surface area (Å²) in [6.45, 7) is 6.25. The highest BCUT2D eigenvalue weighted by atomic mass is 32.2. The first-order valence-electron chi connectivity index (χ1n) is 9.26. The molecule has 0 saturated carbocycles. The quantitative estimate of drug-likeness (QED) is 0.642. The van der Waals surface area contributed by atoms with E-state index in [1.807, 2.05) is 4.90 Å². The third-order valence-electron chi connectivity index (χ3n) is 4.65. The topological polar surface area (TPSA) is 112 Å². The number of ether oxygens (including phenoxy) is 1.